The van der Waals surface area contributed by atoms with Crippen LogP contribution in [-0.2, 0) is 9.53 Å². The summed E-state index contributed by atoms with van der Waals surface area (Å²) in [6.45, 7) is 10.9. The fourth-order valence-electron chi connectivity index (χ4n) is 5.38. The maximum atomic E-state index is 13.9. The van der Waals surface area contributed by atoms with E-state index >= 15 is 0 Å². The summed E-state index contributed by atoms with van der Waals surface area (Å²) < 4.78 is 61.0. The van der Waals surface area contributed by atoms with Crippen molar-refractivity contribution in [1.82, 2.24) is 25.2 Å². The van der Waals surface area contributed by atoms with E-state index in [1.165, 1.54) is 4.52 Å². The van der Waals surface area contributed by atoms with Crippen LogP contribution < -0.4 is 10.6 Å². The van der Waals surface area contributed by atoms with Crippen molar-refractivity contribution in [2.75, 3.05) is 0 Å². The molecule has 0 aliphatic heterocycles. The van der Waals surface area contributed by atoms with E-state index in [0.29, 0.717) is 22.5 Å². The minimum absolute atomic E-state index is 0.00101. The van der Waals surface area contributed by atoms with E-state index in [-0.39, 0.29) is 62.7 Å². The number of carbonyl (C=O) groups is 2. The molecule has 0 saturated heterocycles. The van der Waals surface area contributed by atoms with Gasteiger partial charge in [0.25, 0.3) is 0 Å². The van der Waals surface area contributed by atoms with Crippen LogP contribution in [0, 0.1) is 11.8 Å². The van der Waals surface area contributed by atoms with Crippen molar-refractivity contribution in [2.45, 2.75) is 102 Å². The SMILES string of the molecule is C=C(C)[C@@H](NC(=O)CC1CC(F)(F)C1)c1cnn2cc([C@@H](NC(=O)OC(C)(C)C)C3CCC(F)(F)CC3)nc2c1. The van der Waals surface area contributed by atoms with Gasteiger partial charge in [-0.15, -0.1) is 0 Å². The zero-order valence-electron chi connectivity index (χ0n) is 23.3. The van der Waals surface area contributed by atoms with Crippen molar-refractivity contribution in [3.8, 4) is 0 Å². The summed E-state index contributed by atoms with van der Waals surface area (Å²) in [7, 11) is 0. The number of carbonyl (C=O) groups excluding carboxylic acids is 2. The molecule has 12 heteroatoms. The second-order valence-electron chi connectivity index (χ2n) is 12.3. The van der Waals surface area contributed by atoms with Gasteiger partial charge in [0.05, 0.1) is 30.2 Å². The molecule has 2 atom stereocenters. The second-order valence-corrected chi connectivity index (χ2v) is 12.3. The number of hydrogen-bond donors (Lipinski definition) is 2. The number of aromatic nitrogens is 3. The molecular formula is C28H37F4N5O3. The first-order valence-corrected chi connectivity index (χ1v) is 13.6. The number of hydrogen-bond acceptors (Lipinski definition) is 5. The summed E-state index contributed by atoms with van der Waals surface area (Å²) in [5.74, 6) is -6.42. The highest BCUT2D eigenvalue weighted by Crippen LogP contribution is 2.44. The highest BCUT2D eigenvalue weighted by Gasteiger charge is 2.46. The quantitative estimate of drug-likeness (QED) is 0.289. The van der Waals surface area contributed by atoms with Crippen LogP contribution in [0.15, 0.2) is 30.6 Å². The number of nitrogens with one attached hydrogen (secondary N) is 2. The van der Waals surface area contributed by atoms with Crippen LogP contribution in [0.25, 0.3) is 5.65 Å². The molecule has 2 amide bonds. The van der Waals surface area contributed by atoms with E-state index < -0.39 is 35.6 Å². The number of alkyl carbamates (subject to hydrolysis) is 1. The van der Waals surface area contributed by atoms with Gasteiger partial charge in [-0.25, -0.2) is 31.9 Å². The third-order valence-electron chi connectivity index (χ3n) is 7.36. The van der Waals surface area contributed by atoms with Crippen LogP contribution in [0.5, 0.6) is 0 Å². The minimum Gasteiger partial charge on any atom is -0.444 e. The van der Waals surface area contributed by atoms with Gasteiger partial charge in [-0.1, -0.05) is 12.2 Å². The average molecular weight is 568 g/mol. The van der Waals surface area contributed by atoms with Gasteiger partial charge in [-0.2, -0.15) is 5.10 Å². The lowest BCUT2D eigenvalue weighted by Crippen LogP contribution is -2.40. The monoisotopic (exact) mass is 567 g/mol. The van der Waals surface area contributed by atoms with Crippen molar-refractivity contribution >= 4 is 17.6 Å². The normalized spacial score (nSPS) is 20.8. The predicted molar refractivity (Wildman–Crippen MR) is 140 cm³/mol. The molecule has 4 rings (SSSR count). The Morgan fingerprint density at radius 3 is 2.38 bits per heavy atom. The molecule has 2 fully saturated rings. The van der Waals surface area contributed by atoms with Crippen molar-refractivity contribution in [3.63, 3.8) is 0 Å². The molecule has 2 N–H and O–H groups in total. The molecule has 2 aromatic heterocycles. The Balaban J connectivity index is 1.55. The maximum Gasteiger partial charge on any atom is 0.408 e. The summed E-state index contributed by atoms with van der Waals surface area (Å²) in [6.07, 6.45) is 1.78. The number of alkyl halides is 4. The Bertz CT molecular complexity index is 1250. The number of halogens is 4. The summed E-state index contributed by atoms with van der Waals surface area (Å²) in [6, 6.07) is 0.433. The molecule has 2 aromatic rings. The van der Waals surface area contributed by atoms with E-state index in [1.54, 1.807) is 46.2 Å². The van der Waals surface area contributed by atoms with Crippen molar-refractivity contribution < 1.29 is 31.9 Å². The molecule has 0 aromatic carbocycles. The van der Waals surface area contributed by atoms with Crippen molar-refractivity contribution in [2.24, 2.45) is 11.8 Å². The van der Waals surface area contributed by atoms with E-state index in [1.807, 2.05) is 0 Å². The molecule has 220 valence electrons. The van der Waals surface area contributed by atoms with E-state index in [4.69, 9.17) is 4.74 Å². The fourth-order valence-corrected chi connectivity index (χ4v) is 5.38. The number of ether oxygens (including phenoxy) is 1. The smallest absolute Gasteiger partial charge is 0.408 e. The van der Waals surface area contributed by atoms with Crippen molar-refractivity contribution in [3.05, 3.63) is 41.9 Å². The van der Waals surface area contributed by atoms with Gasteiger partial charge < -0.3 is 15.4 Å². The highest BCUT2D eigenvalue weighted by molar-refractivity contribution is 5.77. The van der Waals surface area contributed by atoms with E-state index in [2.05, 4.69) is 27.3 Å². The minimum atomic E-state index is -2.73. The molecule has 0 spiro atoms. The van der Waals surface area contributed by atoms with Crippen molar-refractivity contribution in [1.29, 1.82) is 0 Å². The fraction of sp³-hybridized carbons (Fsp3) is 0.643. The van der Waals surface area contributed by atoms with Crippen LogP contribution in [0.2, 0.25) is 0 Å². The molecule has 0 bridgehead atoms. The number of nitrogens with zero attached hydrogens (tertiary/aromatic N) is 3. The first-order chi connectivity index (χ1) is 18.5. The first kappa shape index (κ1) is 29.8. The van der Waals surface area contributed by atoms with Gasteiger partial charge in [-0.3, -0.25) is 4.79 Å². The Kier molecular flexibility index (Phi) is 8.20. The Labute approximate surface area is 230 Å². The van der Waals surface area contributed by atoms with Crippen LogP contribution in [0.3, 0.4) is 0 Å². The standard InChI is InChI=1S/C28H37F4N5O3/c1-16(2)23(35-22(38)10-17-12-28(31,32)13-17)19-11-21-34-20(15-37(21)33-14-19)24(36-25(39)40-26(3,4)5)18-6-8-27(29,30)9-7-18/h11,14-15,17-18,23-24H,1,6-10,12-13H2,2-5H3,(H,35,38)(H,36,39)/t23-,24+/m1/s1. The van der Waals surface area contributed by atoms with Crippen LogP contribution in [0.1, 0.15) is 96.0 Å². The molecule has 8 nitrogen and oxygen atoms in total. The zero-order valence-corrected chi connectivity index (χ0v) is 23.3. The third-order valence-corrected chi connectivity index (χ3v) is 7.36. The number of fused-ring (bicyclic) bond motifs is 1. The summed E-state index contributed by atoms with van der Waals surface area (Å²) in [5, 5.41) is 10.1. The summed E-state index contributed by atoms with van der Waals surface area (Å²) in [5.41, 5.74) is 1.35. The third kappa shape index (κ3) is 7.51. The summed E-state index contributed by atoms with van der Waals surface area (Å²) in [4.78, 5) is 29.9. The largest absolute Gasteiger partial charge is 0.444 e. The van der Waals surface area contributed by atoms with Crippen LogP contribution in [-0.4, -0.2) is 44.0 Å². The molecule has 2 saturated carbocycles. The Morgan fingerprint density at radius 1 is 1.15 bits per heavy atom. The Morgan fingerprint density at radius 2 is 1.80 bits per heavy atom. The van der Waals surface area contributed by atoms with Gasteiger partial charge in [0.1, 0.15) is 5.60 Å². The average Bonchev–Trinajstić information content (AvgIpc) is 3.22. The number of rotatable bonds is 8. The molecule has 0 radical (unpaired) electrons. The predicted octanol–water partition coefficient (Wildman–Crippen LogP) is 6.29. The van der Waals surface area contributed by atoms with Gasteiger partial charge >= 0.3 is 6.09 Å². The van der Waals surface area contributed by atoms with Crippen LogP contribution >= 0.6 is 0 Å². The van der Waals surface area contributed by atoms with Gasteiger partial charge in [0, 0.05) is 37.7 Å². The van der Waals surface area contributed by atoms with E-state index in [0.717, 1.165) is 0 Å². The van der Waals surface area contributed by atoms with E-state index in [9.17, 15) is 27.2 Å². The lowest BCUT2D eigenvalue weighted by atomic mass is 9.79. The van der Waals surface area contributed by atoms with Gasteiger partial charge in [-0.05, 0) is 58.4 Å². The molecule has 2 aliphatic carbocycles. The zero-order chi connectivity index (χ0) is 29.5. The summed E-state index contributed by atoms with van der Waals surface area (Å²) >= 11 is 0. The van der Waals surface area contributed by atoms with Crippen LogP contribution in [0.4, 0.5) is 22.4 Å². The lowest BCUT2D eigenvalue weighted by Gasteiger charge is -2.34. The lowest BCUT2D eigenvalue weighted by molar-refractivity contribution is -0.134. The topological polar surface area (TPSA) is 97.6 Å². The Hall–Kier alpha value is -3.18. The first-order valence-electron chi connectivity index (χ1n) is 13.6. The maximum absolute atomic E-state index is 13.9. The number of imidazole rings is 1. The second kappa shape index (κ2) is 11.0. The molecule has 2 aliphatic rings. The number of amides is 2. The molecule has 40 heavy (non-hydrogen) atoms. The molecule has 0 unspecified atom stereocenters. The highest BCUT2D eigenvalue weighted by atomic mass is 19.3. The molecule has 2 heterocycles. The van der Waals surface area contributed by atoms with Gasteiger partial charge in [0.15, 0.2) is 5.65 Å². The van der Waals surface area contributed by atoms with Gasteiger partial charge in [0.2, 0.25) is 17.8 Å². The molecular weight excluding hydrogens is 530 g/mol.